The largest absolute Gasteiger partial charge is 0.460 e. The molecule has 1 aromatic rings. The van der Waals surface area contributed by atoms with E-state index in [1.807, 2.05) is 20.8 Å². The first-order chi connectivity index (χ1) is 8.93. The predicted molar refractivity (Wildman–Crippen MR) is 72.7 cm³/mol. The number of nitrogens with two attached hydrogens (primary N) is 1. The maximum absolute atomic E-state index is 11.8. The Morgan fingerprint density at radius 1 is 1.47 bits per heavy atom. The molecule has 0 aromatic carbocycles. The Morgan fingerprint density at radius 3 is 2.74 bits per heavy atom. The van der Waals surface area contributed by atoms with Gasteiger partial charge in [0.05, 0.1) is 12.1 Å². The molecule has 1 amide bonds. The minimum atomic E-state index is -0.462. The summed E-state index contributed by atoms with van der Waals surface area (Å²) < 4.78 is 6.77. The fourth-order valence-electron chi connectivity index (χ4n) is 1.67. The summed E-state index contributed by atoms with van der Waals surface area (Å²) >= 11 is 0. The SMILES string of the molecule is CCn1cc(N)cc1C(=O)OCCC(=O)NC(C)C. The molecule has 19 heavy (non-hydrogen) atoms. The molecule has 0 aliphatic carbocycles. The van der Waals surface area contributed by atoms with Gasteiger partial charge < -0.3 is 20.4 Å². The number of aromatic nitrogens is 1. The average Bonchev–Trinajstić information content (AvgIpc) is 2.69. The van der Waals surface area contributed by atoms with Crippen LogP contribution >= 0.6 is 0 Å². The third-order valence-electron chi connectivity index (χ3n) is 2.48. The van der Waals surface area contributed by atoms with Gasteiger partial charge in [0.1, 0.15) is 12.3 Å². The Bertz CT molecular complexity index is 452. The van der Waals surface area contributed by atoms with Gasteiger partial charge in [0.15, 0.2) is 0 Å². The van der Waals surface area contributed by atoms with E-state index in [-0.39, 0.29) is 25.0 Å². The first-order valence-corrected chi connectivity index (χ1v) is 6.36. The second kappa shape index (κ2) is 6.82. The highest BCUT2D eigenvalue weighted by Gasteiger charge is 2.14. The molecule has 0 aliphatic rings. The monoisotopic (exact) mass is 267 g/mol. The molecule has 0 saturated carbocycles. The first kappa shape index (κ1) is 15.1. The van der Waals surface area contributed by atoms with E-state index < -0.39 is 5.97 Å². The number of hydrogen-bond donors (Lipinski definition) is 2. The van der Waals surface area contributed by atoms with E-state index in [1.54, 1.807) is 16.8 Å². The van der Waals surface area contributed by atoms with Crippen LogP contribution in [0.15, 0.2) is 12.3 Å². The van der Waals surface area contributed by atoms with Gasteiger partial charge in [-0.2, -0.15) is 0 Å². The number of ether oxygens (including phenoxy) is 1. The molecule has 0 unspecified atom stereocenters. The van der Waals surface area contributed by atoms with Crippen molar-refractivity contribution >= 4 is 17.6 Å². The number of aryl methyl sites for hydroxylation is 1. The summed E-state index contributed by atoms with van der Waals surface area (Å²) in [6.07, 6.45) is 1.84. The Balaban J connectivity index is 2.45. The van der Waals surface area contributed by atoms with E-state index in [1.165, 1.54) is 0 Å². The van der Waals surface area contributed by atoms with Crippen LogP contribution in [0.3, 0.4) is 0 Å². The standard InChI is InChI=1S/C13H21N3O3/c1-4-16-8-10(14)7-11(16)13(18)19-6-5-12(17)15-9(2)3/h7-9H,4-6,14H2,1-3H3,(H,15,17). The number of rotatable bonds is 6. The molecule has 1 aromatic heterocycles. The smallest absolute Gasteiger partial charge is 0.355 e. The maximum atomic E-state index is 11.8. The number of nitrogens with one attached hydrogen (secondary N) is 1. The number of anilines is 1. The second-order valence-corrected chi connectivity index (χ2v) is 4.55. The molecule has 6 nitrogen and oxygen atoms in total. The predicted octanol–water partition coefficient (Wildman–Crippen LogP) is 1.16. The third kappa shape index (κ3) is 4.65. The Labute approximate surface area is 112 Å². The molecule has 0 fully saturated rings. The van der Waals surface area contributed by atoms with Crippen LogP contribution in [0.5, 0.6) is 0 Å². The molecule has 0 spiro atoms. The quantitative estimate of drug-likeness (QED) is 0.757. The molecular formula is C13H21N3O3. The van der Waals surface area contributed by atoms with Gasteiger partial charge in [-0.1, -0.05) is 0 Å². The van der Waals surface area contributed by atoms with Crippen LogP contribution in [0.4, 0.5) is 5.69 Å². The molecule has 3 N–H and O–H groups in total. The van der Waals surface area contributed by atoms with Crippen LogP contribution in [0, 0.1) is 0 Å². The van der Waals surface area contributed by atoms with Crippen LogP contribution in [0.2, 0.25) is 0 Å². The van der Waals surface area contributed by atoms with Crippen molar-refractivity contribution in [1.82, 2.24) is 9.88 Å². The van der Waals surface area contributed by atoms with E-state index in [0.29, 0.717) is 17.9 Å². The summed E-state index contributed by atoms with van der Waals surface area (Å²) in [7, 11) is 0. The fourth-order valence-corrected chi connectivity index (χ4v) is 1.67. The molecule has 0 saturated heterocycles. The highest BCUT2D eigenvalue weighted by Crippen LogP contribution is 2.11. The normalized spacial score (nSPS) is 10.5. The van der Waals surface area contributed by atoms with E-state index in [4.69, 9.17) is 10.5 Å². The van der Waals surface area contributed by atoms with Crippen LogP contribution in [0.1, 0.15) is 37.7 Å². The van der Waals surface area contributed by atoms with Crippen LogP contribution in [-0.2, 0) is 16.1 Å². The summed E-state index contributed by atoms with van der Waals surface area (Å²) in [6.45, 7) is 6.36. The summed E-state index contributed by atoms with van der Waals surface area (Å²) in [5.74, 6) is -0.593. The zero-order valence-corrected chi connectivity index (χ0v) is 11.6. The lowest BCUT2D eigenvalue weighted by atomic mass is 10.3. The molecular weight excluding hydrogens is 246 g/mol. The zero-order chi connectivity index (χ0) is 14.4. The highest BCUT2D eigenvalue weighted by atomic mass is 16.5. The van der Waals surface area contributed by atoms with Crippen molar-refractivity contribution in [2.24, 2.45) is 0 Å². The van der Waals surface area contributed by atoms with Gasteiger partial charge in [-0.3, -0.25) is 4.79 Å². The van der Waals surface area contributed by atoms with Crippen LogP contribution in [-0.4, -0.2) is 29.1 Å². The van der Waals surface area contributed by atoms with Crippen LogP contribution < -0.4 is 11.1 Å². The molecule has 1 rings (SSSR count). The number of carbonyl (C=O) groups is 2. The number of hydrogen-bond acceptors (Lipinski definition) is 4. The number of esters is 1. The minimum absolute atomic E-state index is 0.0617. The molecule has 0 aliphatic heterocycles. The molecule has 0 radical (unpaired) electrons. The number of carbonyl (C=O) groups excluding carboxylic acids is 2. The van der Waals surface area contributed by atoms with Crippen molar-refractivity contribution in [2.45, 2.75) is 39.8 Å². The van der Waals surface area contributed by atoms with Gasteiger partial charge in [-0.05, 0) is 26.8 Å². The summed E-state index contributed by atoms with van der Waals surface area (Å²) in [4.78, 5) is 23.2. The van der Waals surface area contributed by atoms with E-state index >= 15 is 0 Å². The van der Waals surface area contributed by atoms with Gasteiger partial charge >= 0.3 is 5.97 Å². The van der Waals surface area contributed by atoms with Gasteiger partial charge in [-0.15, -0.1) is 0 Å². The second-order valence-electron chi connectivity index (χ2n) is 4.55. The summed E-state index contributed by atoms with van der Waals surface area (Å²) in [5, 5.41) is 2.73. The Morgan fingerprint density at radius 2 is 2.16 bits per heavy atom. The van der Waals surface area contributed by atoms with E-state index in [2.05, 4.69) is 5.32 Å². The first-order valence-electron chi connectivity index (χ1n) is 6.36. The minimum Gasteiger partial charge on any atom is -0.460 e. The lowest BCUT2D eigenvalue weighted by molar-refractivity contribution is -0.122. The van der Waals surface area contributed by atoms with Crippen LogP contribution in [0.25, 0.3) is 0 Å². The van der Waals surface area contributed by atoms with Crippen molar-refractivity contribution in [3.05, 3.63) is 18.0 Å². The molecule has 106 valence electrons. The fraction of sp³-hybridized carbons (Fsp3) is 0.538. The van der Waals surface area contributed by atoms with Crippen molar-refractivity contribution in [3.63, 3.8) is 0 Å². The highest BCUT2D eigenvalue weighted by molar-refractivity contribution is 5.89. The molecule has 0 atom stereocenters. The van der Waals surface area contributed by atoms with E-state index in [0.717, 1.165) is 0 Å². The van der Waals surface area contributed by atoms with Gasteiger partial charge in [-0.25, -0.2) is 4.79 Å². The molecule has 0 bridgehead atoms. The lowest BCUT2D eigenvalue weighted by Crippen LogP contribution is -2.31. The maximum Gasteiger partial charge on any atom is 0.355 e. The lowest BCUT2D eigenvalue weighted by Gasteiger charge is -2.09. The average molecular weight is 267 g/mol. The third-order valence-corrected chi connectivity index (χ3v) is 2.48. The number of nitrogens with zero attached hydrogens (tertiary/aromatic N) is 1. The Kier molecular flexibility index (Phi) is 5.41. The van der Waals surface area contributed by atoms with Crippen molar-refractivity contribution < 1.29 is 14.3 Å². The van der Waals surface area contributed by atoms with Gasteiger partial charge in [0.25, 0.3) is 0 Å². The van der Waals surface area contributed by atoms with Crippen molar-refractivity contribution in [3.8, 4) is 0 Å². The summed E-state index contributed by atoms with van der Waals surface area (Å²) in [5.41, 5.74) is 6.56. The van der Waals surface area contributed by atoms with Crippen molar-refractivity contribution in [1.29, 1.82) is 0 Å². The molecule has 6 heteroatoms. The van der Waals surface area contributed by atoms with Gasteiger partial charge in [0.2, 0.25) is 5.91 Å². The van der Waals surface area contributed by atoms with Gasteiger partial charge in [0, 0.05) is 18.8 Å². The summed E-state index contributed by atoms with van der Waals surface area (Å²) in [6, 6.07) is 1.65. The topological polar surface area (TPSA) is 86.3 Å². The zero-order valence-electron chi connectivity index (χ0n) is 11.6. The molecule has 1 heterocycles. The Hall–Kier alpha value is -1.98. The number of amides is 1. The van der Waals surface area contributed by atoms with Crippen molar-refractivity contribution in [2.75, 3.05) is 12.3 Å². The number of nitrogen functional groups attached to an aromatic ring is 1. The van der Waals surface area contributed by atoms with E-state index in [9.17, 15) is 9.59 Å².